The van der Waals surface area contributed by atoms with Crippen molar-refractivity contribution in [1.29, 1.82) is 0 Å². The smallest absolute Gasteiger partial charge is 0.340 e. The average Bonchev–Trinajstić information content (AvgIpc) is 2.59. The molecule has 1 amide bonds. The zero-order chi connectivity index (χ0) is 20.2. The predicted octanol–water partition coefficient (Wildman–Crippen LogP) is 2.16. The second-order valence-corrected chi connectivity index (χ2v) is 7.57. The topological polar surface area (TPSA) is 116 Å². The molecular formula is C17H16ClFN2O5S. The van der Waals surface area contributed by atoms with Crippen molar-refractivity contribution in [3.05, 3.63) is 64.4 Å². The van der Waals surface area contributed by atoms with Gasteiger partial charge in [-0.2, -0.15) is 0 Å². The van der Waals surface area contributed by atoms with Crippen LogP contribution in [0.3, 0.4) is 0 Å². The molecule has 0 bridgehead atoms. The molecule has 2 rings (SSSR count). The zero-order valence-corrected chi connectivity index (χ0v) is 15.7. The Labute approximate surface area is 160 Å². The summed E-state index contributed by atoms with van der Waals surface area (Å²) >= 11 is 5.76. The van der Waals surface area contributed by atoms with Crippen molar-refractivity contribution in [2.45, 2.75) is 17.9 Å². The van der Waals surface area contributed by atoms with Crippen molar-refractivity contribution in [1.82, 2.24) is 5.32 Å². The Morgan fingerprint density at radius 2 is 1.85 bits per heavy atom. The molecule has 0 radical (unpaired) electrons. The molecule has 0 aliphatic heterocycles. The van der Waals surface area contributed by atoms with E-state index in [-0.39, 0.29) is 15.5 Å². The van der Waals surface area contributed by atoms with Gasteiger partial charge >= 0.3 is 5.97 Å². The highest BCUT2D eigenvalue weighted by atomic mass is 35.5. The van der Waals surface area contributed by atoms with E-state index in [2.05, 4.69) is 5.32 Å². The maximum Gasteiger partial charge on any atom is 0.340 e. The summed E-state index contributed by atoms with van der Waals surface area (Å²) < 4.78 is 40.3. The third kappa shape index (κ3) is 5.75. The number of esters is 1. The molecule has 27 heavy (non-hydrogen) atoms. The Bertz CT molecular complexity index is 964. The molecule has 0 aromatic heterocycles. The summed E-state index contributed by atoms with van der Waals surface area (Å²) in [6, 6.07) is 8.37. The molecule has 0 spiro atoms. The van der Waals surface area contributed by atoms with Crippen LogP contribution < -0.4 is 10.5 Å². The second kappa shape index (κ2) is 8.47. The molecule has 2 aromatic carbocycles. The Balaban J connectivity index is 1.92. The summed E-state index contributed by atoms with van der Waals surface area (Å²) in [6.45, 7) is 1.11. The Morgan fingerprint density at radius 3 is 2.41 bits per heavy atom. The number of rotatable bonds is 6. The Hall–Kier alpha value is -2.49. The molecule has 0 saturated carbocycles. The Kier molecular flexibility index (Phi) is 6.53. The first-order chi connectivity index (χ1) is 12.6. The summed E-state index contributed by atoms with van der Waals surface area (Å²) in [7, 11) is -3.80. The summed E-state index contributed by atoms with van der Waals surface area (Å²) in [5.74, 6) is -2.04. The van der Waals surface area contributed by atoms with Gasteiger partial charge in [-0.25, -0.2) is 22.7 Å². The average molecular weight is 415 g/mol. The third-order valence-corrected chi connectivity index (χ3v) is 4.81. The molecular weight excluding hydrogens is 399 g/mol. The minimum absolute atomic E-state index is 0.0464. The number of carbonyl (C=O) groups excluding carboxylic acids is 2. The maximum absolute atomic E-state index is 13.0. The fraction of sp³-hybridized carbons (Fsp3) is 0.176. The van der Waals surface area contributed by atoms with Crippen LogP contribution in [-0.2, 0) is 19.6 Å². The van der Waals surface area contributed by atoms with Gasteiger partial charge in [-0.05, 0) is 42.8 Å². The second-order valence-electron chi connectivity index (χ2n) is 5.60. The van der Waals surface area contributed by atoms with Crippen LogP contribution in [0.25, 0.3) is 0 Å². The summed E-state index contributed by atoms with van der Waals surface area (Å²) in [4.78, 5) is 23.8. The number of ether oxygens (including phenoxy) is 1. The van der Waals surface area contributed by atoms with Crippen molar-refractivity contribution >= 4 is 33.5 Å². The van der Waals surface area contributed by atoms with Crippen molar-refractivity contribution in [3.63, 3.8) is 0 Å². The van der Waals surface area contributed by atoms with Crippen LogP contribution >= 0.6 is 11.6 Å². The van der Waals surface area contributed by atoms with Gasteiger partial charge in [-0.3, -0.25) is 4.79 Å². The first-order valence-electron chi connectivity index (χ1n) is 7.62. The van der Waals surface area contributed by atoms with Crippen LogP contribution in [0.2, 0.25) is 5.02 Å². The van der Waals surface area contributed by atoms with Gasteiger partial charge in [0.1, 0.15) is 5.82 Å². The lowest BCUT2D eigenvalue weighted by Gasteiger charge is -2.15. The van der Waals surface area contributed by atoms with E-state index in [1.54, 1.807) is 6.92 Å². The van der Waals surface area contributed by atoms with Gasteiger partial charge in [0.15, 0.2) is 6.61 Å². The highest BCUT2D eigenvalue weighted by Gasteiger charge is 2.16. The minimum Gasteiger partial charge on any atom is -0.452 e. The van der Waals surface area contributed by atoms with Crippen molar-refractivity contribution < 1.29 is 27.1 Å². The third-order valence-electron chi connectivity index (χ3n) is 3.57. The number of amides is 1. The van der Waals surface area contributed by atoms with E-state index >= 15 is 0 Å². The fourth-order valence-corrected chi connectivity index (χ4v) is 2.94. The van der Waals surface area contributed by atoms with Crippen LogP contribution in [-0.4, -0.2) is 26.9 Å². The SMILES string of the molecule is C[C@H](NC(=O)COC(=O)c1ccc(F)cc1Cl)c1ccc(S(N)(=O)=O)cc1. The maximum atomic E-state index is 13.0. The number of carbonyl (C=O) groups is 2. The molecule has 10 heteroatoms. The van der Waals surface area contributed by atoms with Gasteiger partial charge in [0.2, 0.25) is 10.0 Å². The molecule has 0 aliphatic rings. The molecule has 0 heterocycles. The number of hydrogen-bond acceptors (Lipinski definition) is 5. The minimum atomic E-state index is -3.80. The molecule has 7 nitrogen and oxygen atoms in total. The van der Waals surface area contributed by atoms with Gasteiger partial charge in [-0.1, -0.05) is 23.7 Å². The van der Waals surface area contributed by atoms with Gasteiger partial charge in [0, 0.05) is 0 Å². The van der Waals surface area contributed by atoms with Crippen molar-refractivity contribution in [2.24, 2.45) is 5.14 Å². The first kappa shape index (κ1) is 20.8. The quantitative estimate of drug-likeness (QED) is 0.703. The molecule has 2 aromatic rings. The number of benzene rings is 2. The molecule has 0 saturated heterocycles. The van der Waals surface area contributed by atoms with E-state index in [1.807, 2.05) is 0 Å². The van der Waals surface area contributed by atoms with E-state index < -0.39 is 40.4 Å². The number of primary sulfonamides is 1. The number of hydrogen-bond donors (Lipinski definition) is 2. The standard InChI is InChI=1S/C17H16ClFN2O5S/c1-10(11-2-5-13(6-3-11)27(20,24)25)21-16(22)9-26-17(23)14-7-4-12(19)8-15(14)18/h2-8,10H,9H2,1H3,(H,21,22)(H2,20,24,25)/t10-/m0/s1. The highest BCUT2D eigenvalue weighted by molar-refractivity contribution is 7.89. The van der Waals surface area contributed by atoms with Gasteiger partial charge < -0.3 is 10.1 Å². The van der Waals surface area contributed by atoms with E-state index in [9.17, 15) is 22.4 Å². The Morgan fingerprint density at radius 1 is 1.22 bits per heavy atom. The molecule has 0 aliphatic carbocycles. The predicted molar refractivity (Wildman–Crippen MR) is 96.1 cm³/mol. The largest absolute Gasteiger partial charge is 0.452 e. The van der Waals surface area contributed by atoms with Crippen LogP contribution in [0.5, 0.6) is 0 Å². The summed E-state index contributed by atoms with van der Waals surface area (Å²) in [6.07, 6.45) is 0. The summed E-state index contributed by atoms with van der Waals surface area (Å²) in [5, 5.41) is 7.50. The first-order valence-corrected chi connectivity index (χ1v) is 9.54. The molecule has 1 atom stereocenters. The van der Waals surface area contributed by atoms with Crippen LogP contribution in [0, 0.1) is 5.82 Å². The van der Waals surface area contributed by atoms with Crippen molar-refractivity contribution in [2.75, 3.05) is 6.61 Å². The highest BCUT2D eigenvalue weighted by Crippen LogP contribution is 2.18. The lowest BCUT2D eigenvalue weighted by molar-refractivity contribution is -0.124. The molecule has 144 valence electrons. The van der Waals surface area contributed by atoms with E-state index in [0.29, 0.717) is 5.56 Å². The van der Waals surface area contributed by atoms with E-state index in [1.165, 1.54) is 24.3 Å². The number of nitrogens with two attached hydrogens (primary N) is 1. The molecule has 0 unspecified atom stereocenters. The lowest BCUT2D eigenvalue weighted by Crippen LogP contribution is -2.31. The normalized spacial score (nSPS) is 12.3. The monoisotopic (exact) mass is 414 g/mol. The van der Waals surface area contributed by atoms with Crippen LogP contribution in [0.4, 0.5) is 4.39 Å². The van der Waals surface area contributed by atoms with Gasteiger partial charge in [0.05, 0.1) is 21.5 Å². The number of halogens is 2. The van der Waals surface area contributed by atoms with Gasteiger partial charge in [0.25, 0.3) is 5.91 Å². The fourth-order valence-electron chi connectivity index (χ4n) is 2.18. The number of sulfonamides is 1. The van der Waals surface area contributed by atoms with E-state index in [0.717, 1.165) is 18.2 Å². The zero-order valence-electron chi connectivity index (χ0n) is 14.1. The van der Waals surface area contributed by atoms with Gasteiger partial charge in [-0.15, -0.1) is 0 Å². The van der Waals surface area contributed by atoms with Crippen LogP contribution in [0.1, 0.15) is 28.9 Å². The van der Waals surface area contributed by atoms with E-state index in [4.69, 9.17) is 21.5 Å². The molecule has 0 fully saturated rings. The van der Waals surface area contributed by atoms with Crippen LogP contribution in [0.15, 0.2) is 47.4 Å². The van der Waals surface area contributed by atoms with Crippen molar-refractivity contribution in [3.8, 4) is 0 Å². The number of nitrogens with one attached hydrogen (secondary N) is 1. The molecule has 3 N–H and O–H groups in total. The summed E-state index contributed by atoms with van der Waals surface area (Å²) in [5.41, 5.74) is 0.571. The lowest BCUT2D eigenvalue weighted by atomic mass is 10.1.